The lowest BCUT2D eigenvalue weighted by atomic mass is 10.2. The summed E-state index contributed by atoms with van der Waals surface area (Å²) in [6, 6.07) is 4.58. The molecule has 0 unspecified atom stereocenters. The van der Waals surface area contributed by atoms with Gasteiger partial charge < -0.3 is 4.84 Å². The third kappa shape index (κ3) is 1.25. The highest BCUT2D eigenvalue weighted by Gasteiger charge is 1.99. The second-order valence-electron chi connectivity index (χ2n) is 2.05. The van der Waals surface area contributed by atoms with Crippen LogP contribution in [0.5, 0.6) is 5.75 Å². The third-order valence-electron chi connectivity index (χ3n) is 1.21. The average Bonchev–Trinajstić information content (AvgIpc) is 1.88. The van der Waals surface area contributed by atoms with Crippen molar-refractivity contribution in [1.82, 2.24) is 0 Å². The summed E-state index contributed by atoms with van der Waals surface area (Å²) in [5.41, 5.74) is 0.846. The third-order valence-corrected chi connectivity index (χ3v) is 1.21. The molecule has 1 aromatic carbocycles. The number of hydrogen-bond acceptors (Lipinski definition) is 2. The van der Waals surface area contributed by atoms with E-state index in [0.717, 1.165) is 5.56 Å². The highest BCUT2D eigenvalue weighted by atomic mass is 19.1. The van der Waals surface area contributed by atoms with Gasteiger partial charge in [0.2, 0.25) is 0 Å². The molecule has 0 saturated heterocycles. The van der Waals surface area contributed by atoms with E-state index in [-0.39, 0.29) is 5.75 Å². The highest BCUT2D eigenvalue weighted by molar-refractivity contribution is 5.28. The highest BCUT2D eigenvalue weighted by Crippen LogP contribution is 2.15. The van der Waals surface area contributed by atoms with Crippen LogP contribution < -0.4 is 10.7 Å². The molecule has 0 bridgehead atoms. The minimum Gasteiger partial charge on any atom is -0.408 e. The molecule has 2 N–H and O–H groups in total. The summed E-state index contributed by atoms with van der Waals surface area (Å²) < 4.78 is 12.6. The predicted octanol–water partition coefficient (Wildman–Crippen LogP) is 1.39. The molecule has 0 aliphatic carbocycles. The molecule has 0 fully saturated rings. The zero-order valence-electron chi connectivity index (χ0n) is 5.60. The zero-order valence-corrected chi connectivity index (χ0v) is 5.60. The number of hydrogen-bond donors (Lipinski definition) is 1. The van der Waals surface area contributed by atoms with Crippen molar-refractivity contribution >= 4 is 0 Å². The molecule has 0 aliphatic rings. The van der Waals surface area contributed by atoms with E-state index in [1.54, 1.807) is 13.0 Å². The maximum atomic E-state index is 12.6. The molecule has 0 aliphatic heterocycles. The van der Waals surface area contributed by atoms with Gasteiger partial charge in [0.15, 0.2) is 11.6 Å². The number of benzene rings is 1. The lowest BCUT2D eigenvalue weighted by Gasteiger charge is -1.99. The molecular formula is C7H8FNO. The van der Waals surface area contributed by atoms with Crippen molar-refractivity contribution in [3.05, 3.63) is 29.6 Å². The fourth-order valence-electron chi connectivity index (χ4n) is 0.701. The van der Waals surface area contributed by atoms with Gasteiger partial charge in [-0.1, -0.05) is 6.07 Å². The van der Waals surface area contributed by atoms with Gasteiger partial charge in [-0.05, 0) is 24.6 Å². The van der Waals surface area contributed by atoms with E-state index >= 15 is 0 Å². The Hall–Kier alpha value is -1.09. The van der Waals surface area contributed by atoms with Gasteiger partial charge in [-0.2, -0.15) is 5.90 Å². The standard InChI is InChI=1S/C7H8FNO/c1-5-2-3-7(10-9)6(8)4-5/h2-4H,9H2,1H3. The maximum absolute atomic E-state index is 12.6. The molecule has 0 atom stereocenters. The van der Waals surface area contributed by atoms with Crippen LogP contribution in [0.3, 0.4) is 0 Å². The van der Waals surface area contributed by atoms with Crippen LogP contribution in [-0.4, -0.2) is 0 Å². The number of nitrogens with two attached hydrogens (primary N) is 1. The normalized spacial score (nSPS) is 9.50. The first-order valence-electron chi connectivity index (χ1n) is 2.87. The smallest absolute Gasteiger partial charge is 0.182 e. The Morgan fingerprint density at radius 3 is 2.70 bits per heavy atom. The Morgan fingerprint density at radius 2 is 2.20 bits per heavy atom. The average molecular weight is 141 g/mol. The molecule has 0 heterocycles. The molecule has 10 heavy (non-hydrogen) atoms. The first kappa shape index (κ1) is 7.02. The maximum Gasteiger partial charge on any atom is 0.182 e. The SMILES string of the molecule is Cc1ccc(ON)c(F)c1. The van der Waals surface area contributed by atoms with Crippen LogP contribution in [0, 0.1) is 12.7 Å². The van der Waals surface area contributed by atoms with Gasteiger partial charge in [0, 0.05) is 0 Å². The second-order valence-corrected chi connectivity index (χ2v) is 2.05. The second kappa shape index (κ2) is 2.66. The largest absolute Gasteiger partial charge is 0.408 e. The number of rotatable bonds is 1. The van der Waals surface area contributed by atoms with Crippen LogP contribution >= 0.6 is 0 Å². The van der Waals surface area contributed by atoms with Crippen LogP contribution in [0.15, 0.2) is 18.2 Å². The summed E-state index contributed by atoms with van der Waals surface area (Å²) in [5, 5.41) is 0. The Labute approximate surface area is 58.4 Å². The Balaban J connectivity index is 3.07. The van der Waals surface area contributed by atoms with Crippen molar-refractivity contribution in [2.45, 2.75) is 6.92 Å². The Morgan fingerprint density at radius 1 is 1.50 bits per heavy atom. The van der Waals surface area contributed by atoms with Gasteiger partial charge in [-0.25, -0.2) is 4.39 Å². The fraction of sp³-hybridized carbons (Fsp3) is 0.143. The van der Waals surface area contributed by atoms with Crippen molar-refractivity contribution in [2.24, 2.45) is 5.90 Å². The zero-order chi connectivity index (χ0) is 7.56. The van der Waals surface area contributed by atoms with E-state index in [4.69, 9.17) is 5.90 Å². The monoisotopic (exact) mass is 141 g/mol. The molecule has 0 aromatic heterocycles. The van der Waals surface area contributed by atoms with Gasteiger partial charge in [0.25, 0.3) is 0 Å². The van der Waals surface area contributed by atoms with E-state index in [2.05, 4.69) is 4.84 Å². The number of aryl methyl sites for hydroxylation is 1. The molecule has 0 saturated carbocycles. The van der Waals surface area contributed by atoms with Gasteiger partial charge in [0.05, 0.1) is 0 Å². The van der Waals surface area contributed by atoms with Crippen LogP contribution in [0.25, 0.3) is 0 Å². The predicted molar refractivity (Wildman–Crippen MR) is 36.0 cm³/mol. The fourth-order valence-corrected chi connectivity index (χ4v) is 0.701. The summed E-state index contributed by atoms with van der Waals surface area (Å²) in [4.78, 5) is 4.22. The summed E-state index contributed by atoms with van der Waals surface area (Å²) in [6.07, 6.45) is 0. The Kier molecular flexibility index (Phi) is 1.87. The molecule has 1 aromatic rings. The first-order chi connectivity index (χ1) is 4.74. The summed E-state index contributed by atoms with van der Waals surface area (Å²) in [6.45, 7) is 1.80. The first-order valence-corrected chi connectivity index (χ1v) is 2.87. The summed E-state index contributed by atoms with van der Waals surface area (Å²) in [5.74, 6) is 4.41. The van der Waals surface area contributed by atoms with E-state index in [1.807, 2.05) is 0 Å². The lowest BCUT2D eigenvalue weighted by Crippen LogP contribution is -2.03. The van der Waals surface area contributed by atoms with E-state index in [9.17, 15) is 4.39 Å². The van der Waals surface area contributed by atoms with Gasteiger partial charge in [0.1, 0.15) is 0 Å². The quantitative estimate of drug-likeness (QED) is 0.600. The van der Waals surface area contributed by atoms with Crippen LogP contribution in [0.1, 0.15) is 5.56 Å². The van der Waals surface area contributed by atoms with E-state index < -0.39 is 5.82 Å². The van der Waals surface area contributed by atoms with Crippen molar-refractivity contribution in [3.8, 4) is 5.75 Å². The lowest BCUT2D eigenvalue weighted by molar-refractivity contribution is 0.315. The molecule has 1 rings (SSSR count). The van der Waals surface area contributed by atoms with Crippen LogP contribution in [0.2, 0.25) is 0 Å². The van der Waals surface area contributed by atoms with Gasteiger partial charge in [-0.3, -0.25) is 0 Å². The molecule has 54 valence electrons. The molecule has 2 nitrogen and oxygen atoms in total. The van der Waals surface area contributed by atoms with Gasteiger partial charge >= 0.3 is 0 Å². The van der Waals surface area contributed by atoms with Gasteiger partial charge in [-0.15, -0.1) is 0 Å². The summed E-state index contributed by atoms with van der Waals surface area (Å²) in [7, 11) is 0. The van der Waals surface area contributed by atoms with E-state index in [0.29, 0.717) is 0 Å². The minimum absolute atomic E-state index is 0.0746. The van der Waals surface area contributed by atoms with Crippen LogP contribution in [-0.2, 0) is 0 Å². The van der Waals surface area contributed by atoms with Crippen molar-refractivity contribution < 1.29 is 9.23 Å². The van der Waals surface area contributed by atoms with E-state index in [1.165, 1.54) is 12.1 Å². The summed E-state index contributed by atoms with van der Waals surface area (Å²) >= 11 is 0. The van der Waals surface area contributed by atoms with Crippen molar-refractivity contribution in [3.63, 3.8) is 0 Å². The van der Waals surface area contributed by atoms with Crippen molar-refractivity contribution in [2.75, 3.05) is 0 Å². The molecule has 3 heteroatoms. The Bertz CT molecular complexity index is 237. The number of halogens is 1. The minimum atomic E-state index is -0.428. The molecular weight excluding hydrogens is 133 g/mol. The van der Waals surface area contributed by atoms with Crippen molar-refractivity contribution in [1.29, 1.82) is 0 Å². The molecule has 0 radical (unpaired) electrons. The topological polar surface area (TPSA) is 35.2 Å². The molecule has 0 spiro atoms. The van der Waals surface area contributed by atoms with Crippen LogP contribution in [0.4, 0.5) is 4.39 Å². The molecule has 0 amide bonds.